The molecular formula is C16H16N2O5. The second kappa shape index (κ2) is 6.87. The van der Waals surface area contributed by atoms with E-state index in [-0.39, 0.29) is 17.5 Å². The molecule has 0 saturated heterocycles. The van der Waals surface area contributed by atoms with E-state index in [1.807, 2.05) is 0 Å². The number of hydrogen-bond acceptors (Lipinski definition) is 4. The van der Waals surface area contributed by atoms with E-state index in [9.17, 15) is 19.2 Å². The number of aliphatic carboxylic acids is 1. The minimum atomic E-state index is -1.18. The van der Waals surface area contributed by atoms with Crippen molar-refractivity contribution in [1.29, 1.82) is 0 Å². The highest BCUT2D eigenvalue weighted by Crippen LogP contribution is 2.21. The molecule has 1 aliphatic heterocycles. The van der Waals surface area contributed by atoms with Gasteiger partial charge in [-0.2, -0.15) is 0 Å². The van der Waals surface area contributed by atoms with Crippen LogP contribution in [0.1, 0.15) is 34.1 Å². The summed E-state index contributed by atoms with van der Waals surface area (Å²) in [6, 6.07) is 5.18. The number of carbonyl (C=O) groups is 4. The lowest BCUT2D eigenvalue weighted by molar-refractivity contribution is -0.141. The molecule has 120 valence electrons. The molecule has 1 aliphatic rings. The Labute approximate surface area is 132 Å². The van der Waals surface area contributed by atoms with Crippen LogP contribution < -0.4 is 5.32 Å². The van der Waals surface area contributed by atoms with E-state index < -0.39 is 36.3 Å². The maximum atomic E-state index is 12.1. The van der Waals surface area contributed by atoms with Gasteiger partial charge in [-0.1, -0.05) is 24.3 Å². The van der Waals surface area contributed by atoms with Crippen molar-refractivity contribution >= 4 is 23.7 Å². The van der Waals surface area contributed by atoms with Crippen LogP contribution in [-0.4, -0.2) is 46.3 Å². The van der Waals surface area contributed by atoms with Crippen LogP contribution in [0.2, 0.25) is 0 Å². The molecule has 23 heavy (non-hydrogen) atoms. The van der Waals surface area contributed by atoms with Gasteiger partial charge in [-0.05, 0) is 25.5 Å². The van der Waals surface area contributed by atoms with E-state index >= 15 is 0 Å². The number of benzene rings is 1. The van der Waals surface area contributed by atoms with Crippen LogP contribution in [0.25, 0.3) is 0 Å². The lowest BCUT2D eigenvalue weighted by Gasteiger charge is -2.16. The zero-order valence-corrected chi connectivity index (χ0v) is 12.5. The van der Waals surface area contributed by atoms with Gasteiger partial charge in [0.2, 0.25) is 5.91 Å². The van der Waals surface area contributed by atoms with E-state index in [0.29, 0.717) is 0 Å². The number of carbonyl (C=O) groups excluding carboxylic acids is 3. The maximum Gasteiger partial charge on any atom is 0.326 e. The van der Waals surface area contributed by atoms with Crippen molar-refractivity contribution in [2.75, 3.05) is 6.54 Å². The Balaban J connectivity index is 2.05. The Morgan fingerprint density at radius 1 is 1.22 bits per heavy atom. The summed E-state index contributed by atoms with van der Waals surface area (Å²) >= 11 is 0. The number of amides is 3. The molecule has 1 aromatic rings. The Morgan fingerprint density at radius 3 is 2.26 bits per heavy atom. The number of carboxylic acids is 1. The number of imide groups is 1. The first-order chi connectivity index (χ1) is 11.0. The normalized spacial score (nSPS) is 14.9. The SMILES string of the molecule is C/C=C/CC(NC(=O)CN1C(=O)c2ccccc2C1=O)C(=O)O. The Bertz CT molecular complexity index is 660. The first kappa shape index (κ1) is 16.4. The minimum absolute atomic E-state index is 0.125. The molecule has 0 fully saturated rings. The van der Waals surface area contributed by atoms with E-state index in [1.54, 1.807) is 31.2 Å². The first-order valence-electron chi connectivity index (χ1n) is 7.04. The summed E-state index contributed by atoms with van der Waals surface area (Å²) < 4.78 is 0. The quantitative estimate of drug-likeness (QED) is 0.597. The molecule has 1 atom stereocenters. The van der Waals surface area contributed by atoms with Crippen molar-refractivity contribution in [2.24, 2.45) is 0 Å². The first-order valence-corrected chi connectivity index (χ1v) is 7.04. The van der Waals surface area contributed by atoms with Gasteiger partial charge in [-0.15, -0.1) is 0 Å². The average molecular weight is 316 g/mol. The summed E-state index contributed by atoms with van der Waals surface area (Å²) in [4.78, 5) is 48.1. The summed E-state index contributed by atoms with van der Waals surface area (Å²) in [7, 11) is 0. The number of hydrogen-bond donors (Lipinski definition) is 2. The summed E-state index contributed by atoms with van der Waals surface area (Å²) in [5.41, 5.74) is 0.489. The fraction of sp³-hybridized carbons (Fsp3) is 0.250. The van der Waals surface area contributed by atoms with Gasteiger partial charge < -0.3 is 10.4 Å². The summed E-state index contributed by atoms with van der Waals surface area (Å²) in [5, 5.41) is 11.4. The van der Waals surface area contributed by atoms with Crippen molar-refractivity contribution in [2.45, 2.75) is 19.4 Å². The summed E-state index contributed by atoms with van der Waals surface area (Å²) in [6.45, 7) is 1.23. The molecule has 0 spiro atoms. The maximum absolute atomic E-state index is 12.1. The van der Waals surface area contributed by atoms with Crippen LogP contribution in [-0.2, 0) is 9.59 Å². The third-order valence-corrected chi connectivity index (χ3v) is 3.42. The standard InChI is InChI=1S/C16H16N2O5/c1-2-3-8-12(16(22)23)17-13(19)9-18-14(20)10-6-4-5-7-11(10)15(18)21/h2-7,12H,8-9H2,1H3,(H,17,19)(H,22,23)/b3-2+. The molecule has 1 unspecified atom stereocenters. The molecule has 7 nitrogen and oxygen atoms in total. The minimum Gasteiger partial charge on any atom is -0.480 e. The van der Waals surface area contributed by atoms with Crippen LogP contribution in [0.4, 0.5) is 0 Å². The summed E-state index contributed by atoms with van der Waals surface area (Å²) in [6.07, 6.45) is 3.41. The highest BCUT2D eigenvalue weighted by molar-refractivity contribution is 6.22. The number of rotatable bonds is 6. The van der Waals surface area contributed by atoms with Gasteiger partial charge in [0.05, 0.1) is 11.1 Å². The molecule has 0 bridgehead atoms. The van der Waals surface area contributed by atoms with Gasteiger partial charge in [0.25, 0.3) is 11.8 Å². The molecule has 1 aromatic carbocycles. The van der Waals surface area contributed by atoms with Gasteiger partial charge in [0, 0.05) is 0 Å². The third-order valence-electron chi connectivity index (χ3n) is 3.42. The monoisotopic (exact) mass is 316 g/mol. The average Bonchev–Trinajstić information content (AvgIpc) is 2.76. The van der Waals surface area contributed by atoms with Crippen molar-refractivity contribution in [3.05, 3.63) is 47.5 Å². The van der Waals surface area contributed by atoms with Crippen molar-refractivity contribution in [1.82, 2.24) is 10.2 Å². The smallest absolute Gasteiger partial charge is 0.326 e. The van der Waals surface area contributed by atoms with Crippen molar-refractivity contribution < 1.29 is 24.3 Å². The molecule has 0 radical (unpaired) electrons. The van der Waals surface area contributed by atoms with Gasteiger partial charge in [-0.25, -0.2) is 4.79 Å². The highest BCUT2D eigenvalue weighted by Gasteiger charge is 2.36. The van der Waals surface area contributed by atoms with Gasteiger partial charge in [0.15, 0.2) is 0 Å². The molecule has 0 aliphatic carbocycles. The summed E-state index contributed by atoms with van der Waals surface area (Å²) in [5.74, 6) is -2.99. The fourth-order valence-electron chi connectivity index (χ4n) is 2.26. The molecule has 0 aromatic heterocycles. The Hall–Kier alpha value is -2.96. The molecule has 1 heterocycles. The van der Waals surface area contributed by atoms with Crippen molar-refractivity contribution in [3.63, 3.8) is 0 Å². The second-order valence-electron chi connectivity index (χ2n) is 5.01. The lowest BCUT2D eigenvalue weighted by Crippen LogP contribution is -2.46. The molecule has 2 rings (SSSR count). The molecular weight excluding hydrogens is 300 g/mol. The van der Waals surface area contributed by atoms with E-state index in [2.05, 4.69) is 5.32 Å². The number of allylic oxidation sites excluding steroid dienone is 1. The van der Waals surface area contributed by atoms with Gasteiger partial charge in [-0.3, -0.25) is 19.3 Å². The number of fused-ring (bicyclic) bond motifs is 1. The van der Waals surface area contributed by atoms with Crippen LogP contribution >= 0.6 is 0 Å². The molecule has 7 heteroatoms. The van der Waals surface area contributed by atoms with Crippen LogP contribution in [0.3, 0.4) is 0 Å². The van der Waals surface area contributed by atoms with E-state index in [4.69, 9.17) is 5.11 Å². The Kier molecular flexibility index (Phi) is 4.90. The highest BCUT2D eigenvalue weighted by atomic mass is 16.4. The van der Waals surface area contributed by atoms with Crippen molar-refractivity contribution in [3.8, 4) is 0 Å². The topological polar surface area (TPSA) is 104 Å². The van der Waals surface area contributed by atoms with Crippen LogP contribution in [0.15, 0.2) is 36.4 Å². The van der Waals surface area contributed by atoms with Crippen LogP contribution in [0, 0.1) is 0 Å². The molecule has 3 amide bonds. The number of carboxylic acid groups (broad SMARTS) is 1. The largest absolute Gasteiger partial charge is 0.480 e. The van der Waals surface area contributed by atoms with Gasteiger partial charge >= 0.3 is 5.97 Å². The van der Waals surface area contributed by atoms with E-state index in [1.165, 1.54) is 12.1 Å². The van der Waals surface area contributed by atoms with Gasteiger partial charge in [0.1, 0.15) is 12.6 Å². The predicted molar refractivity (Wildman–Crippen MR) is 80.8 cm³/mol. The second-order valence-corrected chi connectivity index (χ2v) is 5.01. The Morgan fingerprint density at radius 2 is 1.78 bits per heavy atom. The lowest BCUT2D eigenvalue weighted by atomic mass is 10.1. The zero-order valence-electron chi connectivity index (χ0n) is 12.5. The zero-order chi connectivity index (χ0) is 17.0. The molecule has 2 N–H and O–H groups in total. The number of nitrogens with zero attached hydrogens (tertiary/aromatic N) is 1. The predicted octanol–water partition coefficient (Wildman–Crippen LogP) is 0.818. The number of nitrogens with one attached hydrogen (secondary N) is 1. The van der Waals surface area contributed by atoms with Crippen LogP contribution in [0.5, 0.6) is 0 Å². The van der Waals surface area contributed by atoms with E-state index in [0.717, 1.165) is 4.90 Å². The third kappa shape index (κ3) is 3.45. The molecule has 0 saturated carbocycles. The fourth-order valence-corrected chi connectivity index (χ4v) is 2.26.